The van der Waals surface area contributed by atoms with Crippen molar-refractivity contribution >= 4 is 5.84 Å². The number of rotatable bonds is 5. The summed E-state index contributed by atoms with van der Waals surface area (Å²) in [5, 5.41) is 14.6. The van der Waals surface area contributed by atoms with Crippen LogP contribution in [0.3, 0.4) is 0 Å². The van der Waals surface area contributed by atoms with Crippen molar-refractivity contribution in [1.82, 2.24) is 10.3 Å². The van der Waals surface area contributed by atoms with Gasteiger partial charge in [-0.2, -0.15) is 0 Å². The van der Waals surface area contributed by atoms with Crippen molar-refractivity contribution in [1.29, 1.82) is 0 Å². The van der Waals surface area contributed by atoms with Crippen LogP contribution in [0.1, 0.15) is 24.6 Å². The first-order valence-corrected chi connectivity index (χ1v) is 5.23. The van der Waals surface area contributed by atoms with Crippen LogP contribution in [0, 0.1) is 6.92 Å². The van der Waals surface area contributed by atoms with Gasteiger partial charge in [-0.05, 0) is 25.5 Å². The van der Waals surface area contributed by atoms with Gasteiger partial charge in [-0.15, -0.1) is 0 Å². The molecule has 16 heavy (non-hydrogen) atoms. The standard InChI is InChI=1S/C11H18N4O/c1-8-3-4-10(6-13-8)7-14-9(2)5-11(12)15-16/h3-4,6,9,14,16H,5,7H2,1-2H3,(H2,12,15). The van der Waals surface area contributed by atoms with E-state index in [1.807, 2.05) is 32.2 Å². The van der Waals surface area contributed by atoms with Crippen molar-refractivity contribution in [2.24, 2.45) is 10.9 Å². The van der Waals surface area contributed by atoms with Gasteiger partial charge in [-0.25, -0.2) is 0 Å². The minimum atomic E-state index is 0.164. The summed E-state index contributed by atoms with van der Waals surface area (Å²) in [4.78, 5) is 4.21. The van der Waals surface area contributed by atoms with Gasteiger partial charge in [0.1, 0.15) is 5.84 Å². The lowest BCUT2D eigenvalue weighted by molar-refractivity contribution is 0.316. The van der Waals surface area contributed by atoms with E-state index in [2.05, 4.69) is 15.5 Å². The van der Waals surface area contributed by atoms with Crippen LogP contribution >= 0.6 is 0 Å². The summed E-state index contributed by atoms with van der Waals surface area (Å²) in [7, 11) is 0. The van der Waals surface area contributed by atoms with E-state index in [0.717, 1.165) is 17.8 Å². The molecule has 0 aliphatic heterocycles. The van der Waals surface area contributed by atoms with Gasteiger partial charge in [0.15, 0.2) is 0 Å². The van der Waals surface area contributed by atoms with Crippen LogP contribution in [0.5, 0.6) is 0 Å². The number of aryl methyl sites for hydroxylation is 1. The lowest BCUT2D eigenvalue weighted by Crippen LogP contribution is -2.30. The molecule has 1 aromatic rings. The fourth-order valence-electron chi connectivity index (χ4n) is 1.32. The summed E-state index contributed by atoms with van der Waals surface area (Å²) in [6.45, 7) is 4.67. The molecule has 1 atom stereocenters. The van der Waals surface area contributed by atoms with E-state index in [0.29, 0.717) is 6.42 Å². The smallest absolute Gasteiger partial charge is 0.140 e. The van der Waals surface area contributed by atoms with Gasteiger partial charge in [-0.1, -0.05) is 11.2 Å². The number of pyridine rings is 1. The van der Waals surface area contributed by atoms with Gasteiger partial charge in [0.2, 0.25) is 0 Å². The fraction of sp³-hybridized carbons (Fsp3) is 0.455. The van der Waals surface area contributed by atoms with Gasteiger partial charge < -0.3 is 16.3 Å². The fourth-order valence-corrected chi connectivity index (χ4v) is 1.32. The number of hydrogen-bond donors (Lipinski definition) is 3. The number of nitrogens with zero attached hydrogens (tertiary/aromatic N) is 2. The van der Waals surface area contributed by atoms with Crippen molar-refractivity contribution in [2.45, 2.75) is 32.9 Å². The molecule has 5 heteroatoms. The Morgan fingerprint density at radius 1 is 1.62 bits per heavy atom. The topological polar surface area (TPSA) is 83.5 Å². The SMILES string of the molecule is Cc1ccc(CNC(C)CC(N)=NO)cn1. The third-order valence-corrected chi connectivity index (χ3v) is 2.27. The largest absolute Gasteiger partial charge is 0.409 e. The van der Waals surface area contributed by atoms with Gasteiger partial charge >= 0.3 is 0 Å². The molecule has 0 saturated carbocycles. The molecule has 0 radical (unpaired) electrons. The van der Waals surface area contributed by atoms with Crippen LogP contribution in [0.4, 0.5) is 0 Å². The molecule has 1 rings (SSSR count). The van der Waals surface area contributed by atoms with E-state index in [4.69, 9.17) is 10.9 Å². The Morgan fingerprint density at radius 2 is 2.38 bits per heavy atom. The van der Waals surface area contributed by atoms with Crippen LogP contribution in [0.25, 0.3) is 0 Å². The Balaban J connectivity index is 2.37. The molecule has 4 N–H and O–H groups in total. The molecule has 0 bridgehead atoms. The predicted molar refractivity (Wildman–Crippen MR) is 63.3 cm³/mol. The minimum absolute atomic E-state index is 0.164. The highest BCUT2D eigenvalue weighted by atomic mass is 16.4. The summed E-state index contributed by atoms with van der Waals surface area (Å²) < 4.78 is 0. The van der Waals surface area contributed by atoms with Crippen LogP contribution in [-0.4, -0.2) is 22.1 Å². The molecule has 0 saturated heterocycles. The zero-order valence-electron chi connectivity index (χ0n) is 9.64. The maximum Gasteiger partial charge on any atom is 0.140 e. The van der Waals surface area contributed by atoms with Crippen LogP contribution < -0.4 is 11.1 Å². The molecule has 0 aliphatic rings. The van der Waals surface area contributed by atoms with E-state index >= 15 is 0 Å². The third kappa shape index (κ3) is 4.27. The van der Waals surface area contributed by atoms with Crippen molar-refractivity contribution in [3.8, 4) is 0 Å². The Bertz CT molecular complexity index is 348. The second kappa shape index (κ2) is 6.07. The zero-order valence-corrected chi connectivity index (χ0v) is 9.64. The molecule has 0 aliphatic carbocycles. The lowest BCUT2D eigenvalue weighted by Gasteiger charge is -2.12. The highest BCUT2D eigenvalue weighted by Gasteiger charge is 2.04. The summed E-state index contributed by atoms with van der Waals surface area (Å²) in [6.07, 6.45) is 2.37. The van der Waals surface area contributed by atoms with Crippen molar-refractivity contribution in [3.63, 3.8) is 0 Å². The maximum atomic E-state index is 8.42. The van der Waals surface area contributed by atoms with E-state index in [1.54, 1.807) is 0 Å². The Labute approximate surface area is 95.4 Å². The Kier molecular flexibility index (Phi) is 4.72. The second-order valence-corrected chi connectivity index (χ2v) is 3.89. The molecule has 0 spiro atoms. The normalized spacial score (nSPS) is 13.8. The average molecular weight is 222 g/mol. The summed E-state index contributed by atoms with van der Waals surface area (Å²) in [5.74, 6) is 0.238. The minimum Gasteiger partial charge on any atom is -0.409 e. The van der Waals surface area contributed by atoms with Gasteiger partial charge in [0, 0.05) is 30.9 Å². The average Bonchev–Trinajstić information content (AvgIpc) is 2.28. The van der Waals surface area contributed by atoms with E-state index in [1.165, 1.54) is 0 Å². The van der Waals surface area contributed by atoms with Crippen LogP contribution in [-0.2, 0) is 6.54 Å². The monoisotopic (exact) mass is 222 g/mol. The van der Waals surface area contributed by atoms with Gasteiger partial charge in [-0.3, -0.25) is 4.98 Å². The number of aromatic nitrogens is 1. The number of amidine groups is 1. The molecule has 0 aromatic carbocycles. The maximum absolute atomic E-state index is 8.42. The predicted octanol–water partition coefficient (Wildman–Crippen LogP) is 1.00. The highest BCUT2D eigenvalue weighted by molar-refractivity contribution is 5.80. The van der Waals surface area contributed by atoms with Crippen molar-refractivity contribution in [3.05, 3.63) is 29.6 Å². The Morgan fingerprint density at radius 3 is 2.94 bits per heavy atom. The number of nitrogens with one attached hydrogen (secondary N) is 1. The lowest BCUT2D eigenvalue weighted by atomic mass is 10.2. The quantitative estimate of drug-likeness (QED) is 0.300. The molecular weight excluding hydrogens is 204 g/mol. The third-order valence-electron chi connectivity index (χ3n) is 2.27. The molecule has 0 amide bonds. The number of nitrogens with two attached hydrogens (primary N) is 1. The molecule has 1 unspecified atom stereocenters. The second-order valence-electron chi connectivity index (χ2n) is 3.89. The molecule has 1 aromatic heterocycles. The van der Waals surface area contributed by atoms with E-state index in [9.17, 15) is 0 Å². The highest BCUT2D eigenvalue weighted by Crippen LogP contribution is 2.00. The first-order chi connectivity index (χ1) is 7.61. The Hall–Kier alpha value is -1.62. The molecule has 1 heterocycles. The summed E-state index contributed by atoms with van der Waals surface area (Å²) >= 11 is 0. The van der Waals surface area contributed by atoms with Gasteiger partial charge in [0.05, 0.1) is 0 Å². The van der Waals surface area contributed by atoms with Gasteiger partial charge in [0.25, 0.3) is 0 Å². The van der Waals surface area contributed by atoms with E-state index in [-0.39, 0.29) is 11.9 Å². The van der Waals surface area contributed by atoms with Crippen molar-refractivity contribution in [2.75, 3.05) is 0 Å². The first kappa shape index (κ1) is 12.4. The molecular formula is C11H18N4O. The molecule has 88 valence electrons. The van der Waals surface area contributed by atoms with Crippen LogP contribution in [0.2, 0.25) is 0 Å². The zero-order chi connectivity index (χ0) is 12.0. The number of hydrogen-bond acceptors (Lipinski definition) is 4. The van der Waals surface area contributed by atoms with Crippen LogP contribution in [0.15, 0.2) is 23.5 Å². The first-order valence-electron chi connectivity index (χ1n) is 5.23. The molecule has 0 fully saturated rings. The number of oxime groups is 1. The van der Waals surface area contributed by atoms with Crippen molar-refractivity contribution < 1.29 is 5.21 Å². The summed E-state index contributed by atoms with van der Waals surface area (Å²) in [6, 6.07) is 4.17. The molecule has 5 nitrogen and oxygen atoms in total. The van der Waals surface area contributed by atoms with E-state index < -0.39 is 0 Å². The summed E-state index contributed by atoms with van der Waals surface area (Å²) in [5.41, 5.74) is 7.54.